The van der Waals surface area contributed by atoms with Gasteiger partial charge in [-0.05, 0) is 20.8 Å². The summed E-state index contributed by atoms with van der Waals surface area (Å²) in [5.41, 5.74) is 1.56. The molecule has 0 bridgehead atoms. The van der Waals surface area contributed by atoms with E-state index in [1.807, 2.05) is 0 Å². The molecule has 0 atom stereocenters. The lowest BCUT2D eigenvalue weighted by atomic mass is 10.4. The maximum Gasteiger partial charge on any atom is 0.125 e. The summed E-state index contributed by atoms with van der Waals surface area (Å²) in [5, 5.41) is 0. The zero-order valence-electron chi connectivity index (χ0n) is 15.3. The molecule has 0 heterocycles. The van der Waals surface area contributed by atoms with Gasteiger partial charge in [0.2, 0.25) is 0 Å². The number of hydrogen-bond donors (Lipinski definition) is 0. The van der Waals surface area contributed by atoms with Gasteiger partial charge in [-0.15, -0.1) is 0 Å². The van der Waals surface area contributed by atoms with Crippen LogP contribution in [0.25, 0.3) is 0 Å². The van der Waals surface area contributed by atoms with Crippen molar-refractivity contribution in [3.63, 3.8) is 0 Å². The van der Waals surface area contributed by atoms with Gasteiger partial charge >= 0.3 is 0 Å². The summed E-state index contributed by atoms with van der Waals surface area (Å²) in [6, 6.07) is 0. The molecule has 7 heteroatoms. The zero-order chi connectivity index (χ0) is 18.9. The molecule has 0 aliphatic rings. The van der Waals surface area contributed by atoms with Crippen LogP contribution in [0.2, 0.25) is 0 Å². The van der Waals surface area contributed by atoms with Crippen LogP contribution >= 0.6 is 0 Å². The summed E-state index contributed by atoms with van der Waals surface area (Å²) in [6.07, 6.45) is 0. The molecule has 7 nitrogen and oxygen atoms in total. The number of nitrogens with zero attached hydrogens (tertiary/aromatic N) is 1. The monoisotopic (exact) mass is 353 g/mol. The fraction of sp³-hybridized carbons (Fsp3) is 0.667. The van der Waals surface area contributed by atoms with E-state index in [0.29, 0.717) is 56.2 Å². The molecule has 140 valence electrons. The third-order valence-electron chi connectivity index (χ3n) is 3.13. The Morgan fingerprint density at radius 1 is 0.640 bits per heavy atom. The minimum atomic E-state index is 0.261. The summed E-state index contributed by atoms with van der Waals surface area (Å²) in [6.45, 7) is 9.08. The fourth-order valence-corrected chi connectivity index (χ4v) is 1.68. The Labute approximate surface area is 148 Å². The average Bonchev–Trinajstić information content (AvgIpc) is 2.63. The summed E-state index contributed by atoms with van der Waals surface area (Å²) in [7, 11) is 0. The van der Waals surface area contributed by atoms with E-state index in [-0.39, 0.29) is 19.8 Å². The highest BCUT2D eigenvalue weighted by molar-refractivity contribution is 5.52. The molecule has 0 aromatic carbocycles. The summed E-state index contributed by atoms with van der Waals surface area (Å²) in [4.78, 5) is 33.3. The van der Waals surface area contributed by atoms with Crippen molar-refractivity contribution in [3.8, 4) is 0 Å². The first-order valence-corrected chi connectivity index (χ1v) is 8.10. The van der Waals surface area contributed by atoms with Crippen LogP contribution < -0.4 is 0 Å². The molecule has 25 heavy (non-hydrogen) atoms. The van der Waals surface area contributed by atoms with Crippen molar-refractivity contribution < 1.29 is 28.6 Å². The molecule has 0 rings (SSSR count). The van der Waals surface area contributed by atoms with Gasteiger partial charge < -0.3 is 14.2 Å². The van der Waals surface area contributed by atoms with Crippen LogP contribution in [0.4, 0.5) is 0 Å². The van der Waals surface area contributed by atoms with Crippen molar-refractivity contribution in [2.45, 2.75) is 20.8 Å². The van der Waals surface area contributed by atoms with E-state index in [9.17, 15) is 14.4 Å². The molecule has 0 unspecified atom stereocenters. The second-order valence-electron chi connectivity index (χ2n) is 5.65. The molecule has 0 radical (unpaired) electrons. The summed E-state index contributed by atoms with van der Waals surface area (Å²) in [5.74, 6) is 5.37. The standard InChI is InChI=1S/C18H27NO6/c1-16(10-20)13-23-7-4-19(5-8-24-14-17(2)11-21)6-9-25-15-18(3)12-22/h4-9,13-15H2,1-3H3. The first kappa shape index (κ1) is 23.2. The highest BCUT2D eigenvalue weighted by atomic mass is 16.5. The Hall–Kier alpha value is -1.81. The second kappa shape index (κ2) is 15.7. The summed E-state index contributed by atoms with van der Waals surface area (Å²) >= 11 is 0. The van der Waals surface area contributed by atoms with E-state index >= 15 is 0 Å². The highest BCUT2D eigenvalue weighted by Gasteiger charge is 2.06. The predicted molar refractivity (Wildman–Crippen MR) is 93.5 cm³/mol. The van der Waals surface area contributed by atoms with Crippen molar-refractivity contribution in [1.82, 2.24) is 4.90 Å². The molecule has 0 saturated carbocycles. The maximum atomic E-state index is 10.4. The minimum absolute atomic E-state index is 0.261. The van der Waals surface area contributed by atoms with Crippen LogP contribution in [0.15, 0.2) is 16.7 Å². The predicted octanol–water partition coefficient (Wildman–Crippen LogP) is 0.672. The van der Waals surface area contributed by atoms with Crippen molar-refractivity contribution in [2.75, 3.05) is 59.3 Å². The second-order valence-corrected chi connectivity index (χ2v) is 5.65. The Morgan fingerprint density at radius 2 is 0.920 bits per heavy atom. The average molecular weight is 353 g/mol. The van der Waals surface area contributed by atoms with Crippen LogP contribution in [0.1, 0.15) is 20.8 Å². The topological polar surface area (TPSA) is 82.1 Å². The van der Waals surface area contributed by atoms with Gasteiger partial charge in [-0.3, -0.25) is 4.90 Å². The lowest BCUT2D eigenvalue weighted by Crippen LogP contribution is -2.34. The van der Waals surface area contributed by atoms with Crippen LogP contribution in [0, 0.1) is 0 Å². The van der Waals surface area contributed by atoms with Crippen molar-refractivity contribution in [1.29, 1.82) is 0 Å². The molecule has 0 spiro atoms. The van der Waals surface area contributed by atoms with Gasteiger partial charge in [0.25, 0.3) is 0 Å². The van der Waals surface area contributed by atoms with E-state index < -0.39 is 0 Å². The zero-order valence-corrected chi connectivity index (χ0v) is 15.3. The largest absolute Gasteiger partial charge is 0.375 e. The highest BCUT2D eigenvalue weighted by Crippen LogP contribution is 1.95. The normalized spacial score (nSPS) is 10.1. The van der Waals surface area contributed by atoms with E-state index in [1.54, 1.807) is 38.6 Å². The molecular formula is C18H27NO6. The van der Waals surface area contributed by atoms with Gasteiger partial charge in [0.1, 0.15) is 17.8 Å². The number of ether oxygens (including phenoxy) is 3. The van der Waals surface area contributed by atoms with Gasteiger partial charge in [0.15, 0.2) is 0 Å². The van der Waals surface area contributed by atoms with Crippen LogP contribution in [-0.2, 0) is 28.6 Å². The molecule has 0 amide bonds. The number of hydrogen-bond acceptors (Lipinski definition) is 7. The third kappa shape index (κ3) is 14.3. The molecule has 0 aliphatic heterocycles. The van der Waals surface area contributed by atoms with Gasteiger partial charge in [-0.2, -0.15) is 0 Å². The Bertz CT molecular complexity index is 450. The number of carbonyl (C=O) groups excluding carboxylic acids is 3. The van der Waals surface area contributed by atoms with E-state index in [2.05, 4.69) is 4.90 Å². The smallest absolute Gasteiger partial charge is 0.125 e. The lowest BCUT2D eigenvalue weighted by Gasteiger charge is -2.22. The van der Waals surface area contributed by atoms with E-state index in [1.165, 1.54) is 0 Å². The van der Waals surface area contributed by atoms with Gasteiger partial charge in [0, 0.05) is 36.4 Å². The van der Waals surface area contributed by atoms with Crippen molar-refractivity contribution in [3.05, 3.63) is 16.7 Å². The van der Waals surface area contributed by atoms with Crippen molar-refractivity contribution in [2.24, 2.45) is 0 Å². The molecular weight excluding hydrogens is 326 g/mol. The number of rotatable bonds is 15. The SMILES string of the molecule is CC(=C=O)COCCN(CCOCC(C)=C=O)CCOCC(C)=C=O. The van der Waals surface area contributed by atoms with Crippen LogP contribution in [0.5, 0.6) is 0 Å². The molecule has 0 aliphatic carbocycles. The van der Waals surface area contributed by atoms with Crippen molar-refractivity contribution >= 4 is 17.8 Å². The fourth-order valence-electron chi connectivity index (χ4n) is 1.68. The maximum absolute atomic E-state index is 10.4. The third-order valence-corrected chi connectivity index (χ3v) is 3.13. The Morgan fingerprint density at radius 3 is 1.16 bits per heavy atom. The molecule has 0 N–H and O–H groups in total. The molecule has 0 fully saturated rings. The van der Waals surface area contributed by atoms with Crippen LogP contribution in [-0.4, -0.2) is 82.0 Å². The minimum Gasteiger partial charge on any atom is -0.375 e. The van der Waals surface area contributed by atoms with Crippen LogP contribution in [0.3, 0.4) is 0 Å². The molecule has 0 aromatic rings. The lowest BCUT2D eigenvalue weighted by molar-refractivity contribution is 0.0660. The van der Waals surface area contributed by atoms with Gasteiger partial charge in [-0.1, -0.05) is 0 Å². The molecule has 0 saturated heterocycles. The van der Waals surface area contributed by atoms with E-state index in [0.717, 1.165) is 0 Å². The first-order valence-electron chi connectivity index (χ1n) is 8.10. The summed E-state index contributed by atoms with van der Waals surface area (Å²) < 4.78 is 16.2. The van der Waals surface area contributed by atoms with Gasteiger partial charge in [-0.25, -0.2) is 14.4 Å². The quantitative estimate of drug-likeness (QED) is 0.316. The van der Waals surface area contributed by atoms with E-state index in [4.69, 9.17) is 14.2 Å². The Kier molecular flexibility index (Phi) is 14.6. The Balaban J connectivity index is 4.17. The van der Waals surface area contributed by atoms with Gasteiger partial charge in [0.05, 0.1) is 39.6 Å². The molecule has 0 aromatic heterocycles. The first-order chi connectivity index (χ1) is 12.0.